The van der Waals surface area contributed by atoms with E-state index < -0.39 is 31.1 Å². The summed E-state index contributed by atoms with van der Waals surface area (Å²) in [5.41, 5.74) is 4.10. The van der Waals surface area contributed by atoms with Gasteiger partial charge in [-0.3, -0.25) is 40.5 Å². The predicted molar refractivity (Wildman–Crippen MR) is 158 cm³/mol. The predicted octanol–water partition coefficient (Wildman–Crippen LogP) is 4.30. The molecule has 0 bridgehead atoms. The van der Waals surface area contributed by atoms with Crippen LogP contribution in [-0.2, 0) is 6.42 Å². The van der Waals surface area contributed by atoms with Crippen LogP contribution in [0.25, 0.3) is 0 Å². The van der Waals surface area contributed by atoms with Crippen molar-refractivity contribution in [2.45, 2.75) is 51.4 Å². The molecule has 0 aromatic carbocycles. The molecule has 2 aromatic rings. The first kappa shape index (κ1) is 35.3. The van der Waals surface area contributed by atoms with E-state index in [0.717, 1.165) is 63.7 Å². The molecule has 236 valence electrons. The van der Waals surface area contributed by atoms with Crippen molar-refractivity contribution in [2.24, 2.45) is 5.73 Å². The van der Waals surface area contributed by atoms with Crippen molar-refractivity contribution in [3.05, 3.63) is 75.8 Å². The van der Waals surface area contributed by atoms with Crippen molar-refractivity contribution >= 4 is 34.4 Å². The van der Waals surface area contributed by atoms with E-state index in [1.165, 1.54) is 51.6 Å². The Hall–Kier alpha value is -3.93. The number of pyridine rings is 2. The van der Waals surface area contributed by atoms with Crippen LogP contribution in [0.3, 0.4) is 0 Å². The number of aryl methyl sites for hydroxylation is 1. The molecule has 4 rings (SSSR count). The van der Waals surface area contributed by atoms with Gasteiger partial charge in [0.05, 0.1) is 31.8 Å². The molecule has 2 aliphatic rings. The maximum absolute atomic E-state index is 11.0. The van der Waals surface area contributed by atoms with Gasteiger partial charge in [-0.2, -0.15) is 0 Å². The van der Waals surface area contributed by atoms with Crippen LogP contribution in [0.1, 0.15) is 50.6 Å². The summed E-state index contributed by atoms with van der Waals surface area (Å²) in [7, 11) is 0. The summed E-state index contributed by atoms with van der Waals surface area (Å²) in [6.45, 7) is 7.51. The van der Waals surface area contributed by atoms with Gasteiger partial charge in [-0.05, 0) is 71.2 Å². The number of nitro groups is 4. The number of hydrogen-bond acceptors (Lipinski definition) is 13. The standard InChI is InChI=1S/C13H18N4O4.C7H16N2.C5H2ClN3O4/c18-16(19)11-9-13(17(20)21)12(14-10-11)5-4-8-15-6-2-1-3-7-15;8-4-7-9-5-2-1-3-6-9;6-5-4(9(12)13)1-3(2-7-5)8(10)11/h9-10H,1-8H2;1-8H2;1-2H. The minimum absolute atomic E-state index is 0.261. The van der Waals surface area contributed by atoms with E-state index in [0.29, 0.717) is 12.1 Å². The second-order valence-corrected chi connectivity index (χ2v) is 10.2. The SMILES string of the molecule is NCCN1CCCCC1.O=[N+]([O-])c1cnc(CCCN2CCCCC2)c([N+](=O)[O-])c1.O=[N+]([O-])c1cnc(Cl)c([N+](=O)[O-])c1. The van der Waals surface area contributed by atoms with Crippen LogP contribution in [0, 0.1) is 40.5 Å². The summed E-state index contributed by atoms with van der Waals surface area (Å²) in [6, 6.07) is 1.75. The van der Waals surface area contributed by atoms with Gasteiger partial charge in [0.15, 0.2) is 0 Å². The third-order valence-corrected chi connectivity index (χ3v) is 7.08. The van der Waals surface area contributed by atoms with Crippen molar-refractivity contribution in [3.63, 3.8) is 0 Å². The second kappa shape index (κ2) is 18.6. The molecule has 0 radical (unpaired) electrons. The Morgan fingerprint density at radius 3 is 1.63 bits per heavy atom. The molecule has 0 atom stereocenters. The highest BCUT2D eigenvalue weighted by atomic mass is 35.5. The molecule has 2 N–H and O–H groups in total. The highest BCUT2D eigenvalue weighted by molar-refractivity contribution is 6.31. The van der Waals surface area contributed by atoms with E-state index in [2.05, 4.69) is 19.8 Å². The fourth-order valence-corrected chi connectivity index (χ4v) is 4.77. The normalized spacial score (nSPS) is 15.3. The van der Waals surface area contributed by atoms with Gasteiger partial charge in [0.25, 0.3) is 17.1 Å². The van der Waals surface area contributed by atoms with Crippen LogP contribution in [0.5, 0.6) is 0 Å². The monoisotopic (exact) mass is 625 g/mol. The Labute approximate surface area is 252 Å². The van der Waals surface area contributed by atoms with Gasteiger partial charge in [0.1, 0.15) is 18.1 Å². The number of halogens is 1. The highest BCUT2D eigenvalue weighted by Crippen LogP contribution is 2.26. The number of hydrogen-bond donors (Lipinski definition) is 1. The average molecular weight is 626 g/mol. The molecule has 0 unspecified atom stereocenters. The van der Waals surface area contributed by atoms with Gasteiger partial charge in [0.2, 0.25) is 5.15 Å². The molecule has 18 heteroatoms. The summed E-state index contributed by atoms with van der Waals surface area (Å²) >= 11 is 5.32. The fourth-order valence-electron chi connectivity index (χ4n) is 4.59. The quantitative estimate of drug-likeness (QED) is 0.220. The Bertz CT molecular complexity index is 1240. The Morgan fingerprint density at radius 1 is 0.698 bits per heavy atom. The summed E-state index contributed by atoms with van der Waals surface area (Å²) in [6.07, 6.45) is 11.0. The number of nitrogens with two attached hydrogens (primary N) is 1. The molecule has 2 aliphatic heterocycles. The number of rotatable bonds is 10. The number of nitrogens with zero attached hydrogens (tertiary/aromatic N) is 8. The van der Waals surface area contributed by atoms with Crippen molar-refractivity contribution in [1.82, 2.24) is 19.8 Å². The Morgan fingerprint density at radius 2 is 1.16 bits per heavy atom. The zero-order chi connectivity index (χ0) is 31.8. The van der Waals surface area contributed by atoms with E-state index in [4.69, 9.17) is 17.3 Å². The molecule has 0 saturated carbocycles. The number of piperidine rings is 2. The molecule has 4 heterocycles. The zero-order valence-electron chi connectivity index (χ0n) is 23.7. The van der Waals surface area contributed by atoms with Crippen LogP contribution in [-0.4, -0.2) is 85.3 Å². The van der Waals surface area contributed by atoms with E-state index in [1.54, 1.807) is 0 Å². The molecule has 0 aliphatic carbocycles. The molecule has 2 aromatic heterocycles. The van der Waals surface area contributed by atoms with Gasteiger partial charge in [-0.25, -0.2) is 9.97 Å². The fraction of sp³-hybridized carbons (Fsp3) is 0.600. The van der Waals surface area contributed by atoms with E-state index >= 15 is 0 Å². The largest absolute Gasteiger partial charge is 0.329 e. The molecule has 0 amide bonds. The number of aromatic nitrogens is 2. The molecule has 2 saturated heterocycles. The summed E-state index contributed by atoms with van der Waals surface area (Å²) < 4.78 is 0. The lowest BCUT2D eigenvalue weighted by atomic mass is 10.1. The van der Waals surface area contributed by atoms with E-state index in [-0.39, 0.29) is 16.5 Å². The van der Waals surface area contributed by atoms with Gasteiger partial charge >= 0.3 is 5.69 Å². The second-order valence-electron chi connectivity index (χ2n) is 9.89. The third-order valence-electron chi connectivity index (χ3n) is 6.78. The summed E-state index contributed by atoms with van der Waals surface area (Å²) in [4.78, 5) is 51.2. The van der Waals surface area contributed by atoms with Crippen molar-refractivity contribution in [3.8, 4) is 0 Å². The molecule has 17 nitrogen and oxygen atoms in total. The van der Waals surface area contributed by atoms with Gasteiger partial charge < -0.3 is 15.5 Å². The van der Waals surface area contributed by atoms with Crippen LogP contribution >= 0.6 is 11.6 Å². The van der Waals surface area contributed by atoms with E-state index in [1.807, 2.05) is 0 Å². The highest BCUT2D eigenvalue weighted by Gasteiger charge is 2.21. The summed E-state index contributed by atoms with van der Waals surface area (Å²) in [5.74, 6) is 0. The molecule has 0 spiro atoms. The van der Waals surface area contributed by atoms with E-state index in [9.17, 15) is 40.5 Å². The Balaban J connectivity index is 0.000000249. The zero-order valence-corrected chi connectivity index (χ0v) is 24.5. The average Bonchev–Trinajstić information content (AvgIpc) is 2.99. The van der Waals surface area contributed by atoms with Gasteiger partial charge in [0, 0.05) is 13.1 Å². The molecular weight excluding hydrogens is 590 g/mol. The Kier molecular flexibility index (Phi) is 15.2. The van der Waals surface area contributed by atoms with Crippen LogP contribution in [0.2, 0.25) is 5.15 Å². The molecular formula is C25H36ClN9O8. The minimum Gasteiger partial charge on any atom is -0.329 e. The van der Waals surface area contributed by atoms with Crippen molar-refractivity contribution in [1.29, 1.82) is 0 Å². The van der Waals surface area contributed by atoms with Crippen LogP contribution in [0.4, 0.5) is 22.7 Å². The van der Waals surface area contributed by atoms with Gasteiger partial charge in [-0.15, -0.1) is 0 Å². The topological polar surface area (TPSA) is 231 Å². The summed E-state index contributed by atoms with van der Waals surface area (Å²) in [5, 5.41) is 41.7. The molecule has 2 fully saturated rings. The van der Waals surface area contributed by atoms with Crippen molar-refractivity contribution < 1.29 is 19.7 Å². The van der Waals surface area contributed by atoms with Crippen molar-refractivity contribution in [2.75, 3.05) is 45.8 Å². The smallest absolute Gasteiger partial charge is 0.313 e. The molecule has 43 heavy (non-hydrogen) atoms. The lowest BCUT2D eigenvalue weighted by Gasteiger charge is -2.26. The minimum atomic E-state index is -0.831. The first-order chi connectivity index (χ1) is 20.5. The maximum Gasteiger partial charge on any atom is 0.313 e. The first-order valence-electron chi connectivity index (χ1n) is 13.9. The number of likely N-dealkylation sites (tertiary alicyclic amines) is 2. The lowest BCUT2D eigenvalue weighted by molar-refractivity contribution is -0.395. The third kappa shape index (κ3) is 12.5. The van der Waals surface area contributed by atoms with Crippen LogP contribution in [0.15, 0.2) is 24.5 Å². The lowest BCUT2D eigenvalue weighted by Crippen LogP contribution is -2.33. The van der Waals surface area contributed by atoms with Crippen LogP contribution < -0.4 is 5.73 Å². The maximum atomic E-state index is 11.0. The first-order valence-corrected chi connectivity index (χ1v) is 14.3. The van der Waals surface area contributed by atoms with Gasteiger partial charge in [-0.1, -0.05) is 24.4 Å².